The highest BCUT2D eigenvalue weighted by atomic mass is 35.5. The van der Waals surface area contributed by atoms with Gasteiger partial charge in [0.2, 0.25) is 0 Å². The lowest BCUT2D eigenvalue weighted by atomic mass is 9.79. The standard InChI is InChI=1S/C25H20Cl2FN3O2.C25H22Cl2N4O3.C23H18Cl2FN3O2/c26-17-6-4-15(20(12-17)25(33)31-23-9-7-18(27)13-30-23)11-22(32)19-8-5-16(10-21(19)28)24(29)14-2-1-3-14;1-34-22-12-18(27)11-20(25(33)30-23-8-7-17(26)14-29-23)19(22)13-21(32)15-3-5-16(6-4-15)24(28)31-9-2-10-31;1-13(27-2)14-4-7-18(20(26)9-14)21(30)10-15-3-5-16(24)11-19(15)23(31)29-22-8-6-17(25)12-28-22/h4-10,12-14,29H,1-3,11H2,(H,30,31,33);3-8,11-12,14,28H,2,9-10,13H2,1H3,(H,29,30,33);3-9,11-12H,10H2,1-2H3,(H,28,29,31). The van der Waals surface area contributed by atoms with Gasteiger partial charge in [-0.25, -0.2) is 23.7 Å². The van der Waals surface area contributed by atoms with E-state index in [9.17, 15) is 37.5 Å². The molecule has 17 nitrogen and oxygen atoms in total. The minimum Gasteiger partial charge on any atom is -0.496 e. The molecule has 5 N–H and O–H groups in total. The topological polar surface area (TPSA) is 250 Å². The summed E-state index contributed by atoms with van der Waals surface area (Å²) in [6, 6.07) is 37.3. The summed E-state index contributed by atoms with van der Waals surface area (Å²) in [7, 11) is 3.07. The van der Waals surface area contributed by atoms with Crippen molar-refractivity contribution in [3.05, 3.63) is 273 Å². The van der Waals surface area contributed by atoms with Gasteiger partial charge in [-0.1, -0.05) is 125 Å². The molecule has 98 heavy (non-hydrogen) atoms. The molecule has 2 aliphatic rings. The smallest absolute Gasteiger partial charge is 0.257 e. The molecule has 2 fully saturated rings. The van der Waals surface area contributed by atoms with E-state index in [4.69, 9.17) is 85.2 Å². The Kier molecular flexibility index (Phi) is 24.9. The van der Waals surface area contributed by atoms with Crippen molar-refractivity contribution in [1.29, 1.82) is 10.8 Å². The number of aliphatic imine (C=N–C) groups is 1. The molecular formula is C73H60Cl6F2N10O7. The van der Waals surface area contributed by atoms with Crippen LogP contribution >= 0.6 is 69.6 Å². The van der Waals surface area contributed by atoms with Crippen LogP contribution in [0.4, 0.5) is 26.2 Å². The van der Waals surface area contributed by atoms with E-state index >= 15 is 0 Å². The Labute approximate surface area is 592 Å². The monoisotopic (exact) mass is 1440 g/mol. The van der Waals surface area contributed by atoms with Gasteiger partial charge in [-0.2, -0.15) is 0 Å². The third kappa shape index (κ3) is 18.9. The zero-order valence-corrected chi connectivity index (χ0v) is 57.2. The SMILES string of the molecule is CN=C(C)c1ccc(C(=O)Cc2ccc(Cl)cc2C(=O)Nc2ccc(Cl)cn2)c(F)c1.COc1cc(Cl)cc(C(=O)Nc2ccc(Cl)cn2)c1CC(=O)c1ccc(C(=N)N2CCC2)cc1.N=C(c1ccc(C(=O)Cc2ccc(Cl)cc2C(=O)Nc2ccc(Cl)cn2)c(F)c1)C1CCC1. The number of aromatic nitrogens is 3. The van der Waals surface area contributed by atoms with Crippen LogP contribution in [0.1, 0.15) is 128 Å². The third-order valence-corrected chi connectivity index (χ3v) is 17.3. The van der Waals surface area contributed by atoms with Crippen LogP contribution in [-0.4, -0.2) is 99.4 Å². The number of ketones is 3. The Morgan fingerprint density at radius 2 is 0.929 bits per heavy atom. The second-order valence-corrected chi connectivity index (χ2v) is 25.1. The predicted molar refractivity (Wildman–Crippen MR) is 381 cm³/mol. The summed E-state index contributed by atoms with van der Waals surface area (Å²) in [6.45, 7) is 3.52. The van der Waals surface area contributed by atoms with Crippen LogP contribution in [0.25, 0.3) is 0 Å². The molecule has 0 radical (unpaired) electrons. The van der Waals surface area contributed by atoms with Gasteiger partial charge in [0.25, 0.3) is 17.7 Å². The number of hydrogen-bond acceptors (Lipinski definition) is 13. The lowest BCUT2D eigenvalue weighted by Crippen LogP contribution is -2.42. The van der Waals surface area contributed by atoms with Gasteiger partial charge in [0, 0.05) is 124 Å². The van der Waals surface area contributed by atoms with Gasteiger partial charge in [0.1, 0.15) is 40.7 Å². The first-order valence-corrected chi connectivity index (χ1v) is 32.6. The van der Waals surface area contributed by atoms with Crippen LogP contribution in [0.5, 0.6) is 5.75 Å². The molecule has 3 amide bonds. The number of Topliss-reactive ketones (excluding diaryl/α,β-unsaturated/α-hetero) is 3. The van der Waals surface area contributed by atoms with E-state index in [0.717, 1.165) is 44.3 Å². The number of halogens is 8. The summed E-state index contributed by atoms with van der Waals surface area (Å²) < 4.78 is 34.7. The highest BCUT2D eigenvalue weighted by Crippen LogP contribution is 2.33. The molecule has 0 atom stereocenters. The number of ether oxygens (including phenoxy) is 1. The van der Waals surface area contributed by atoms with E-state index in [1.165, 1.54) is 68.2 Å². The Morgan fingerprint density at radius 3 is 1.34 bits per heavy atom. The van der Waals surface area contributed by atoms with Crippen molar-refractivity contribution < 1.29 is 42.3 Å². The van der Waals surface area contributed by atoms with Crippen molar-refractivity contribution >= 4 is 139 Å². The first-order valence-electron chi connectivity index (χ1n) is 30.3. The lowest BCUT2D eigenvalue weighted by molar-refractivity contribution is 0.0976. The maximum Gasteiger partial charge on any atom is 0.257 e. The molecule has 3 aromatic heterocycles. The molecule has 1 saturated heterocycles. The quantitative estimate of drug-likeness (QED) is 0.0273. The van der Waals surface area contributed by atoms with E-state index in [0.29, 0.717) is 98.2 Å². The number of rotatable bonds is 20. The number of pyridine rings is 3. The van der Waals surface area contributed by atoms with E-state index in [1.807, 2.05) is 4.90 Å². The lowest BCUT2D eigenvalue weighted by Gasteiger charge is -2.33. The molecule has 0 bridgehead atoms. The first-order chi connectivity index (χ1) is 46.9. The molecule has 1 saturated carbocycles. The van der Waals surface area contributed by atoms with Gasteiger partial charge in [0.15, 0.2) is 17.3 Å². The Morgan fingerprint density at radius 1 is 0.500 bits per heavy atom. The van der Waals surface area contributed by atoms with Gasteiger partial charge >= 0.3 is 0 Å². The number of carbonyl (C=O) groups is 6. The number of hydrogen-bond donors (Lipinski definition) is 5. The summed E-state index contributed by atoms with van der Waals surface area (Å²) in [5, 5.41) is 26.7. The fraction of sp³-hybridized carbons (Fsp3) is 0.178. The minimum absolute atomic E-state index is 0.0617. The fourth-order valence-electron chi connectivity index (χ4n) is 10.2. The fourth-order valence-corrected chi connectivity index (χ4v) is 11.1. The average molecular weight is 1440 g/mol. The number of nitrogens with zero attached hydrogens (tertiary/aromatic N) is 5. The number of benzene rings is 6. The highest BCUT2D eigenvalue weighted by Gasteiger charge is 2.27. The van der Waals surface area contributed by atoms with Gasteiger partial charge in [-0.15, -0.1) is 0 Å². The molecule has 6 aromatic carbocycles. The number of amides is 3. The van der Waals surface area contributed by atoms with E-state index in [1.54, 1.807) is 117 Å². The predicted octanol–water partition coefficient (Wildman–Crippen LogP) is 17.1. The molecule has 0 unspecified atom stereocenters. The zero-order chi connectivity index (χ0) is 70.3. The van der Waals surface area contributed by atoms with Crippen LogP contribution in [0, 0.1) is 28.4 Å². The number of carbonyl (C=O) groups excluding carboxylic acids is 6. The number of methoxy groups -OCH3 is 1. The Balaban J connectivity index is 0.000000172. The van der Waals surface area contributed by atoms with Crippen LogP contribution in [0.2, 0.25) is 30.1 Å². The second kappa shape index (κ2) is 33.6. The summed E-state index contributed by atoms with van der Waals surface area (Å²) in [5.41, 5.74) is 5.09. The normalized spacial score (nSPS) is 12.4. The van der Waals surface area contributed by atoms with Crippen molar-refractivity contribution in [2.45, 2.75) is 51.9 Å². The van der Waals surface area contributed by atoms with Crippen molar-refractivity contribution in [2.75, 3.05) is 43.2 Å². The molecule has 1 aliphatic heterocycles. The van der Waals surface area contributed by atoms with Crippen molar-refractivity contribution in [1.82, 2.24) is 19.9 Å². The maximum atomic E-state index is 14.8. The Bertz CT molecular complexity index is 4580. The molecule has 11 rings (SSSR count). The molecule has 9 aromatic rings. The number of amidine groups is 1. The molecular weight excluding hydrogens is 1380 g/mol. The molecule has 500 valence electrons. The van der Waals surface area contributed by atoms with Gasteiger partial charge in [0.05, 0.1) is 33.3 Å². The second-order valence-electron chi connectivity index (χ2n) is 22.5. The van der Waals surface area contributed by atoms with Crippen molar-refractivity contribution in [3.8, 4) is 5.75 Å². The largest absolute Gasteiger partial charge is 0.496 e. The summed E-state index contributed by atoms with van der Waals surface area (Å²) in [4.78, 5) is 95.5. The van der Waals surface area contributed by atoms with Crippen LogP contribution < -0.4 is 20.7 Å². The van der Waals surface area contributed by atoms with Crippen LogP contribution in [-0.2, 0) is 19.3 Å². The Hall–Kier alpha value is -9.60. The third-order valence-electron chi connectivity index (χ3n) is 16.0. The number of anilines is 3. The molecule has 0 spiro atoms. The van der Waals surface area contributed by atoms with Crippen molar-refractivity contribution in [2.24, 2.45) is 10.9 Å². The van der Waals surface area contributed by atoms with Crippen LogP contribution in [0.15, 0.2) is 169 Å². The van der Waals surface area contributed by atoms with Crippen LogP contribution in [0.3, 0.4) is 0 Å². The molecule has 4 heterocycles. The van der Waals surface area contributed by atoms with E-state index in [-0.39, 0.29) is 64.6 Å². The van der Waals surface area contributed by atoms with Gasteiger partial charge < -0.3 is 31.0 Å². The van der Waals surface area contributed by atoms with Gasteiger partial charge in [-0.05, 0) is 146 Å². The first kappa shape index (κ1) is 72.7. The summed E-state index contributed by atoms with van der Waals surface area (Å²) >= 11 is 35.8. The number of likely N-dealkylation sites (tertiary alicyclic amines) is 1. The molecule has 25 heteroatoms. The summed E-state index contributed by atoms with van der Waals surface area (Å²) in [6.07, 6.45) is 7.83. The van der Waals surface area contributed by atoms with Gasteiger partial charge in [-0.3, -0.25) is 39.2 Å². The van der Waals surface area contributed by atoms with E-state index in [2.05, 4.69) is 35.9 Å². The maximum absolute atomic E-state index is 14.8. The number of nitrogens with one attached hydrogen (secondary N) is 5. The van der Waals surface area contributed by atoms with Crippen molar-refractivity contribution in [3.63, 3.8) is 0 Å². The van der Waals surface area contributed by atoms with E-state index < -0.39 is 40.9 Å². The summed E-state index contributed by atoms with van der Waals surface area (Å²) in [5.74, 6) is -2.07. The minimum atomic E-state index is -0.674. The average Bonchev–Trinajstić information content (AvgIpc) is 0.771. The highest BCUT2D eigenvalue weighted by molar-refractivity contribution is 6.33. The zero-order valence-electron chi connectivity index (χ0n) is 52.6. The molecule has 1 aliphatic carbocycles.